The monoisotopic (exact) mass is 383 g/mol. The number of halogens is 1. The van der Waals surface area contributed by atoms with Crippen LogP contribution in [0.2, 0.25) is 5.02 Å². The summed E-state index contributed by atoms with van der Waals surface area (Å²) in [5.74, 6) is 0.407. The van der Waals surface area contributed by atoms with Gasteiger partial charge >= 0.3 is 5.97 Å². The van der Waals surface area contributed by atoms with E-state index in [-0.39, 0.29) is 0 Å². The van der Waals surface area contributed by atoms with E-state index in [0.29, 0.717) is 46.6 Å². The van der Waals surface area contributed by atoms with E-state index < -0.39 is 5.97 Å². The first-order valence-corrected chi connectivity index (χ1v) is 8.78. The van der Waals surface area contributed by atoms with Gasteiger partial charge in [-0.25, -0.2) is 4.79 Å². The molecule has 0 bridgehead atoms. The molecule has 0 amide bonds. The summed E-state index contributed by atoms with van der Waals surface area (Å²) in [6.45, 7) is 6.24. The van der Waals surface area contributed by atoms with Gasteiger partial charge in [-0.15, -0.1) is 0 Å². The Bertz CT molecular complexity index is 919. The molecule has 0 aromatic heterocycles. The van der Waals surface area contributed by atoms with E-state index in [9.17, 15) is 4.79 Å². The summed E-state index contributed by atoms with van der Waals surface area (Å²) in [7, 11) is 0. The maximum absolute atomic E-state index is 12.2. The SMILES string of the molecule is C=CCOc1c(Cl)cc(/C=C2\C(=O)ON=C2c2ccccc2)cc1OCC. The lowest BCUT2D eigenvalue weighted by atomic mass is 10.0. The molecule has 0 saturated heterocycles. The van der Waals surface area contributed by atoms with Gasteiger partial charge < -0.3 is 14.3 Å². The fourth-order valence-electron chi connectivity index (χ4n) is 2.60. The molecule has 0 radical (unpaired) electrons. The summed E-state index contributed by atoms with van der Waals surface area (Å²) in [5, 5.41) is 4.28. The quantitative estimate of drug-likeness (QED) is 0.397. The Morgan fingerprint density at radius 3 is 2.70 bits per heavy atom. The highest BCUT2D eigenvalue weighted by molar-refractivity contribution is 6.33. The first kappa shape index (κ1) is 18.7. The van der Waals surface area contributed by atoms with Crippen molar-refractivity contribution < 1.29 is 19.1 Å². The van der Waals surface area contributed by atoms with E-state index in [1.807, 2.05) is 37.3 Å². The number of ether oxygens (including phenoxy) is 2. The second kappa shape index (κ2) is 8.56. The molecule has 0 spiro atoms. The van der Waals surface area contributed by atoms with Gasteiger partial charge in [-0.05, 0) is 30.7 Å². The van der Waals surface area contributed by atoms with Crippen molar-refractivity contribution in [2.75, 3.05) is 13.2 Å². The Kier molecular flexibility index (Phi) is 5.94. The molecule has 0 atom stereocenters. The van der Waals surface area contributed by atoms with E-state index in [4.69, 9.17) is 25.9 Å². The summed E-state index contributed by atoms with van der Waals surface area (Å²) in [4.78, 5) is 17.0. The van der Waals surface area contributed by atoms with Crippen LogP contribution in [0.15, 0.2) is 65.8 Å². The molecule has 2 aromatic carbocycles. The lowest BCUT2D eigenvalue weighted by Gasteiger charge is -2.13. The predicted octanol–water partition coefficient (Wildman–Crippen LogP) is 4.65. The van der Waals surface area contributed by atoms with Gasteiger partial charge in [0.1, 0.15) is 12.3 Å². The number of hydrogen-bond acceptors (Lipinski definition) is 5. The molecule has 1 aliphatic heterocycles. The van der Waals surface area contributed by atoms with Crippen LogP contribution >= 0.6 is 11.6 Å². The molecule has 0 N–H and O–H groups in total. The van der Waals surface area contributed by atoms with Crippen molar-refractivity contribution in [2.24, 2.45) is 5.16 Å². The van der Waals surface area contributed by atoms with Crippen LogP contribution in [0, 0.1) is 0 Å². The molecule has 1 heterocycles. The lowest BCUT2D eigenvalue weighted by molar-refractivity contribution is -0.136. The third kappa shape index (κ3) is 4.20. The minimum Gasteiger partial charge on any atom is -0.490 e. The van der Waals surface area contributed by atoms with Gasteiger partial charge in [0.2, 0.25) is 0 Å². The number of carbonyl (C=O) groups is 1. The van der Waals surface area contributed by atoms with Crippen LogP contribution in [0.25, 0.3) is 6.08 Å². The Balaban J connectivity index is 2.01. The fourth-order valence-corrected chi connectivity index (χ4v) is 2.87. The smallest absolute Gasteiger partial charge is 0.368 e. The number of carbonyl (C=O) groups excluding carboxylic acids is 1. The molecular formula is C21H18ClNO4. The van der Waals surface area contributed by atoms with E-state index in [0.717, 1.165) is 5.56 Å². The van der Waals surface area contributed by atoms with Crippen molar-refractivity contribution in [2.45, 2.75) is 6.92 Å². The summed E-state index contributed by atoms with van der Waals surface area (Å²) in [6, 6.07) is 12.8. The van der Waals surface area contributed by atoms with E-state index >= 15 is 0 Å². The zero-order chi connectivity index (χ0) is 19.2. The molecule has 0 aliphatic carbocycles. The third-order valence-electron chi connectivity index (χ3n) is 3.73. The molecule has 0 saturated carbocycles. The van der Waals surface area contributed by atoms with E-state index in [2.05, 4.69) is 11.7 Å². The highest BCUT2D eigenvalue weighted by Crippen LogP contribution is 2.37. The molecule has 2 aromatic rings. The minimum absolute atomic E-state index is 0.303. The Labute approximate surface area is 162 Å². The second-order valence-electron chi connectivity index (χ2n) is 5.61. The van der Waals surface area contributed by atoms with Crippen molar-refractivity contribution in [3.63, 3.8) is 0 Å². The van der Waals surface area contributed by atoms with E-state index in [1.54, 1.807) is 24.3 Å². The topological polar surface area (TPSA) is 57.1 Å². The second-order valence-corrected chi connectivity index (χ2v) is 6.01. The average molecular weight is 384 g/mol. The number of benzene rings is 2. The maximum atomic E-state index is 12.2. The molecular weight excluding hydrogens is 366 g/mol. The van der Waals surface area contributed by atoms with Crippen molar-refractivity contribution in [3.8, 4) is 11.5 Å². The predicted molar refractivity (Wildman–Crippen MR) is 105 cm³/mol. The first-order chi connectivity index (χ1) is 13.1. The molecule has 1 aliphatic rings. The summed E-state index contributed by atoms with van der Waals surface area (Å²) in [5.41, 5.74) is 2.28. The van der Waals surface area contributed by atoms with Gasteiger partial charge in [0.05, 0.1) is 17.2 Å². The number of oxime groups is 1. The molecule has 5 nitrogen and oxygen atoms in total. The molecule has 138 valence electrons. The van der Waals surface area contributed by atoms with Gasteiger partial charge in [0.25, 0.3) is 0 Å². The van der Waals surface area contributed by atoms with Crippen molar-refractivity contribution >= 4 is 29.4 Å². The first-order valence-electron chi connectivity index (χ1n) is 8.41. The zero-order valence-electron chi connectivity index (χ0n) is 14.8. The number of nitrogens with zero attached hydrogens (tertiary/aromatic N) is 1. The van der Waals surface area contributed by atoms with Crippen LogP contribution in [0.5, 0.6) is 11.5 Å². The molecule has 6 heteroatoms. The number of hydrogen-bond donors (Lipinski definition) is 0. The third-order valence-corrected chi connectivity index (χ3v) is 4.01. The highest BCUT2D eigenvalue weighted by atomic mass is 35.5. The van der Waals surface area contributed by atoms with Crippen LogP contribution in [0.1, 0.15) is 18.1 Å². The molecule has 0 fully saturated rings. The van der Waals surface area contributed by atoms with Crippen LogP contribution in [0.4, 0.5) is 0 Å². The van der Waals surface area contributed by atoms with Crippen molar-refractivity contribution in [1.29, 1.82) is 0 Å². The molecule has 3 rings (SSSR count). The van der Waals surface area contributed by atoms with Crippen LogP contribution in [-0.4, -0.2) is 24.9 Å². The Hall–Kier alpha value is -3.05. The van der Waals surface area contributed by atoms with Gasteiger partial charge in [-0.3, -0.25) is 0 Å². The standard InChI is InChI=1S/C21H18ClNO4/c1-3-10-26-20-17(22)12-14(13-18(20)25-4-2)11-16-19(23-27-21(16)24)15-8-6-5-7-9-15/h3,5-9,11-13H,1,4,10H2,2H3/b16-11-. The van der Waals surface area contributed by atoms with Crippen LogP contribution < -0.4 is 9.47 Å². The Morgan fingerprint density at radius 2 is 2.00 bits per heavy atom. The molecule has 0 unspecified atom stereocenters. The van der Waals surface area contributed by atoms with E-state index in [1.165, 1.54) is 0 Å². The average Bonchev–Trinajstić information content (AvgIpc) is 3.03. The Morgan fingerprint density at radius 1 is 1.22 bits per heavy atom. The van der Waals surface area contributed by atoms with Gasteiger partial charge in [0, 0.05) is 5.56 Å². The largest absolute Gasteiger partial charge is 0.490 e. The van der Waals surface area contributed by atoms with Gasteiger partial charge in [-0.2, -0.15) is 0 Å². The molecule has 27 heavy (non-hydrogen) atoms. The van der Waals surface area contributed by atoms with Crippen LogP contribution in [-0.2, 0) is 9.63 Å². The minimum atomic E-state index is -0.519. The number of rotatable bonds is 7. The van der Waals surface area contributed by atoms with Crippen molar-refractivity contribution in [3.05, 3.63) is 76.8 Å². The maximum Gasteiger partial charge on any atom is 0.368 e. The summed E-state index contributed by atoms with van der Waals surface area (Å²) < 4.78 is 11.2. The normalized spacial score (nSPS) is 14.7. The van der Waals surface area contributed by atoms with Gasteiger partial charge in [-0.1, -0.05) is 59.7 Å². The summed E-state index contributed by atoms with van der Waals surface area (Å²) >= 11 is 6.37. The fraction of sp³-hybridized carbons (Fsp3) is 0.143. The zero-order valence-corrected chi connectivity index (χ0v) is 15.5. The van der Waals surface area contributed by atoms with Crippen molar-refractivity contribution in [1.82, 2.24) is 0 Å². The van der Waals surface area contributed by atoms with Gasteiger partial charge in [0.15, 0.2) is 11.5 Å². The highest BCUT2D eigenvalue weighted by Gasteiger charge is 2.27. The summed E-state index contributed by atoms with van der Waals surface area (Å²) in [6.07, 6.45) is 3.30. The lowest BCUT2D eigenvalue weighted by Crippen LogP contribution is -2.07. The van der Waals surface area contributed by atoms with Crippen LogP contribution in [0.3, 0.4) is 0 Å².